The minimum Gasteiger partial charge on any atom is -0.458 e. The van der Waals surface area contributed by atoms with Crippen molar-refractivity contribution in [3.8, 4) is 11.7 Å². The van der Waals surface area contributed by atoms with Crippen molar-refractivity contribution in [2.45, 2.75) is 12.5 Å². The van der Waals surface area contributed by atoms with Crippen LogP contribution in [0.25, 0.3) is 27.6 Å². The molecule has 4 heterocycles. The van der Waals surface area contributed by atoms with Crippen molar-refractivity contribution < 1.29 is 13.9 Å². The van der Waals surface area contributed by atoms with Crippen molar-refractivity contribution in [1.29, 1.82) is 0 Å². The molecule has 0 spiro atoms. The monoisotopic (exact) mass is 429 g/mol. The van der Waals surface area contributed by atoms with Crippen LogP contribution in [0.2, 0.25) is 0 Å². The zero-order valence-electron chi connectivity index (χ0n) is 14.0. The van der Waals surface area contributed by atoms with Crippen LogP contribution >= 0.6 is 15.9 Å². The molecular weight excluding hydrogens is 417 g/mol. The average molecular weight is 430 g/mol. The van der Waals surface area contributed by atoms with Gasteiger partial charge in [-0.25, -0.2) is 14.1 Å². The normalized spacial score (nSPS) is 17.0. The van der Waals surface area contributed by atoms with Crippen LogP contribution in [0.15, 0.2) is 41.3 Å². The fraction of sp³-hybridized carbons (Fsp3) is 0.222. The van der Waals surface area contributed by atoms with Gasteiger partial charge in [-0.05, 0) is 28.1 Å². The van der Waals surface area contributed by atoms with Crippen LogP contribution in [-0.4, -0.2) is 44.1 Å². The molecular formula is C18H13BrFN5O2. The molecule has 5 rings (SSSR count). The Morgan fingerprint density at radius 3 is 3.07 bits per heavy atom. The van der Waals surface area contributed by atoms with Crippen molar-refractivity contribution in [1.82, 2.24) is 24.7 Å². The van der Waals surface area contributed by atoms with Gasteiger partial charge < -0.3 is 9.47 Å². The maximum Gasteiger partial charge on any atom is 0.318 e. The lowest BCUT2D eigenvalue weighted by Gasteiger charge is -2.10. The van der Waals surface area contributed by atoms with Crippen LogP contribution in [0, 0.1) is 5.82 Å². The second-order valence-corrected chi connectivity index (χ2v) is 6.95. The molecule has 7 nitrogen and oxygen atoms in total. The van der Waals surface area contributed by atoms with Gasteiger partial charge in [-0.3, -0.25) is 4.98 Å². The van der Waals surface area contributed by atoms with Crippen LogP contribution in [0.3, 0.4) is 0 Å². The SMILES string of the molecule is Fc1cc(-n2nc(Br)c3cnc(O[C@H]4CCOC4)nc32)cc2cccnc12. The van der Waals surface area contributed by atoms with E-state index < -0.39 is 5.82 Å². The van der Waals surface area contributed by atoms with Crippen molar-refractivity contribution in [3.05, 3.63) is 47.1 Å². The van der Waals surface area contributed by atoms with Gasteiger partial charge in [0.1, 0.15) is 16.2 Å². The molecule has 27 heavy (non-hydrogen) atoms. The maximum atomic E-state index is 14.5. The fourth-order valence-electron chi connectivity index (χ4n) is 3.10. The van der Waals surface area contributed by atoms with E-state index >= 15 is 0 Å². The van der Waals surface area contributed by atoms with E-state index in [1.165, 1.54) is 6.07 Å². The molecule has 0 unspecified atom stereocenters. The molecule has 1 atom stereocenters. The molecule has 0 radical (unpaired) electrons. The van der Waals surface area contributed by atoms with Gasteiger partial charge in [0.25, 0.3) is 0 Å². The minimum absolute atomic E-state index is 0.0635. The predicted octanol–water partition coefficient (Wildman–Crippen LogP) is 3.43. The molecule has 3 aromatic heterocycles. The van der Waals surface area contributed by atoms with E-state index in [9.17, 15) is 4.39 Å². The Balaban J connectivity index is 1.64. The first kappa shape index (κ1) is 16.5. The van der Waals surface area contributed by atoms with E-state index in [4.69, 9.17) is 9.47 Å². The number of halogens is 2. The Morgan fingerprint density at radius 2 is 2.22 bits per heavy atom. The Bertz CT molecular complexity index is 1160. The molecule has 1 aliphatic rings. The van der Waals surface area contributed by atoms with Crippen LogP contribution in [-0.2, 0) is 4.74 Å². The lowest BCUT2D eigenvalue weighted by atomic mass is 10.2. The van der Waals surface area contributed by atoms with Gasteiger partial charge in [-0.15, -0.1) is 0 Å². The summed E-state index contributed by atoms with van der Waals surface area (Å²) in [4.78, 5) is 12.8. The van der Waals surface area contributed by atoms with E-state index in [0.29, 0.717) is 45.4 Å². The molecule has 9 heteroatoms. The van der Waals surface area contributed by atoms with Gasteiger partial charge in [-0.2, -0.15) is 10.1 Å². The number of rotatable bonds is 3. The zero-order chi connectivity index (χ0) is 18.4. The summed E-state index contributed by atoms with van der Waals surface area (Å²) in [5.74, 6) is -0.420. The fourth-order valence-corrected chi connectivity index (χ4v) is 3.54. The Hall–Kier alpha value is -2.65. The molecule has 0 N–H and O–H groups in total. The standard InChI is InChI=1S/C18H13BrFN5O2/c19-16-13-8-22-18(27-12-3-5-26-9-12)23-17(13)25(24-16)11-6-10-2-1-4-21-15(10)14(20)7-11/h1-2,4,6-8,12H,3,5,9H2/t12-/m0/s1. The Morgan fingerprint density at radius 1 is 1.30 bits per heavy atom. The largest absolute Gasteiger partial charge is 0.458 e. The summed E-state index contributed by atoms with van der Waals surface area (Å²) >= 11 is 3.42. The topological polar surface area (TPSA) is 75.0 Å². The number of aromatic nitrogens is 5. The summed E-state index contributed by atoms with van der Waals surface area (Å²) in [5.41, 5.74) is 1.38. The summed E-state index contributed by atoms with van der Waals surface area (Å²) < 4.78 is 27.7. The van der Waals surface area contributed by atoms with Crippen molar-refractivity contribution in [2.24, 2.45) is 0 Å². The Labute approximate surface area is 161 Å². The van der Waals surface area contributed by atoms with E-state index in [1.54, 1.807) is 29.2 Å². The maximum absolute atomic E-state index is 14.5. The number of fused-ring (bicyclic) bond motifs is 2. The smallest absolute Gasteiger partial charge is 0.318 e. The van der Waals surface area contributed by atoms with Crippen LogP contribution in [0.5, 0.6) is 6.01 Å². The number of benzene rings is 1. The quantitative estimate of drug-likeness (QED) is 0.496. The first-order valence-electron chi connectivity index (χ1n) is 8.39. The van der Waals surface area contributed by atoms with E-state index in [-0.39, 0.29) is 12.1 Å². The number of nitrogens with zero attached hydrogens (tertiary/aromatic N) is 5. The predicted molar refractivity (Wildman–Crippen MR) is 99.5 cm³/mol. The van der Waals surface area contributed by atoms with Crippen molar-refractivity contribution >= 4 is 37.9 Å². The number of ether oxygens (including phenoxy) is 2. The molecule has 136 valence electrons. The highest BCUT2D eigenvalue weighted by Gasteiger charge is 2.20. The summed E-state index contributed by atoms with van der Waals surface area (Å²) in [6.45, 7) is 1.19. The summed E-state index contributed by atoms with van der Waals surface area (Å²) in [6.07, 6.45) is 3.94. The number of pyridine rings is 1. The summed E-state index contributed by atoms with van der Waals surface area (Å²) in [5, 5.41) is 5.83. The molecule has 4 aromatic rings. The minimum atomic E-state index is -0.420. The average Bonchev–Trinajstić information content (AvgIpc) is 3.30. The van der Waals surface area contributed by atoms with Gasteiger partial charge in [0.05, 0.1) is 24.3 Å². The second-order valence-electron chi connectivity index (χ2n) is 6.20. The van der Waals surface area contributed by atoms with Crippen LogP contribution < -0.4 is 4.74 Å². The molecule has 1 aromatic carbocycles. The van der Waals surface area contributed by atoms with Gasteiger partial charge >= 0.3 is 6.01 Å². The molecule has 0 bridgehead atoms. The van der Waals surface area contributed by atoms with Gasteiger partial charge in [-0.1, -0.05) is 6.07 Å². The van der Waals surface area contributed by atoms with E-state index in [1.807, 2.05) is 6.07 Å². The van der Waals surface area contributed by atoms with Gasteiger partial charge in [0, 0.05) is 30.3 Å². The first-order valence-corrected chi connectivity index (χ1v) is 9.18. The second kappa shape index (κ2) is 6.50. The number of hydrogen-bond donors (Lipinski definition) is 0. The van der Waals surface area contributed by atoms with Crippen molar-refractivity contribution in [2.75, 3.05) is 13.2 Å². The molecule has 0 aliphatic carbocycles. The van der Waals surface area contributed by atoms with Gasteiger partial charge in [0.2, 0.25) is 0 Å². The summed E-state index contributed by atoms with van der Waals surface area (Å²) in [6, 6.07) is 7.02. The molecule has 1 aliphatic heterocycles. The van der Waals surface area contributed by atoms with Gasteiger partial charge in [0.15, 0.2) is 11.5 Å². The highest BCUT2D eigenvalue weighted by Crippen LogP contribution is 2.28. The first-order chi connectivity index (χ1) is 13.2. The molecule has 1 fully saturated rings. The van der Waals surface area contributed by atoms with Crippen LogP contribution in [0.4, 0.5) is 4.39 Å². The molecule has 0 amide bonds. The third-order valence-electron chi connectivity index (χ3n) is 4.40. The lowest BCUT2D eigenvalue weighted by Crippen LogP contribution is -2.17. The molecule has 1 saturated heterocycles. The van der Waals surface area contributed by atoms with E-state index in [2.05, 4.69) is 36.0 Å². The third kappa shape index (κ3) is 2.92. The molecule has 0 saturated carbocycles. The number of hydrogen-bond acceptors (Lipinski definition) is 6. The van der Waals surface area contributed by atoms with E-state index in [0.717, 1.165) is 6.42 Å². The summed E-state index contributed by atoms with van der Waals surface area (Å²) in [7, 11) is 0. The lowest BCUT2D eigenvalue weighted by molar-refractivity contribution is 0.134. The highest BCUT2D eigenvalue weighted by molar-refractivity contribution is 9.10. The zero-order valence-corrected chi connectivity index (χ0v) is 15.6. The van der Waals surface area contributed by atoms with Crippen LogP contribution in [0.1, 0.15) is 6.42 Å². The Kier molecular flexibility index (Phi) is 3.98. The highest BCUT2D eigenvalue weighted by atomic mass is 79.9. The van der Waals surface area contributed by atoms with Crippen molar-refractivity contribution in [3.63, 3.8) is 0 Å². The third-order valence-corrected chi connectivity index (χ3v) is 4.99.